The first-order valence-electron chi connectivity index (χ1n) is 6.02. The molecule has 0 saturated heterocycles. The van der Waals surface area contributed by atoms with Gasteiger partial charge in [-0.15, -0.1) is 0 Å². The molecule has 0 radical (unpaired) electrons. The molecule has 1 aliphatic carbocycles. The van der Waals surface area contributed by atoms with Crippen molar-refractivity contribution in [1.82, 2.24) is 9.88 Å². The van der Waals surface area contributed by atoms with Crippen LogP contribution in [-0.2, 0) is 0 Å². The fourth-order valence-corrected chi connectivity index (χ4v) is 2.10. The molecule has 1 heterocycles. The van der Waals surface area contributed by atoms with Gasteiger partial charge in [0.05, 0.1) is 23.4 Å². The second-order valence-electron chi connectivity index (χ2n) is 5.12. The SMILES string of the molecule is CC1CC1CN(C)CC(=O)c1cc([N+](=O)[O-])c[nH]1. The normalized spacial score (nSPS) is 22.2. The lowest BCUT2D eigenvalue weighted by atomic mass is 10.2. The van der Waals surface area contributed by atoms with Crippen LogP contribution in [0.15, 0.2) is 12.3 Å². The Morgan fingerprint density at radius 1 is 1.67 bits per heavy atom. The summed E-state index contributed by atoms with van der Waals surface area (Å²) in [4.78, 5) is 26.5. The number of carbonyl (C=O) groups excluding carboxylic acids is 1. The van der Waals surface area contributed by atoms with Gasteiger partial charge in [0.2, 0.25) is 0 Å². The monoisotopic (exact) mass is 251 g/mol. The summed E-state index contributed by atoms with van der Waals surface area (Å²) in [5, 5.41) is 10.5. The quantitative estimate of drug-likeness (QED) is 0.474. The van der Waals surface area contributed by atoms with Gasteiger partial charge in [0.15, 0.2) is 5.78 Å². The van der Waals surface area contributed by atoms with Crippen LogP contribution in [0.4, 0.5) is 5.69 Å². The molecule has 1 aromatic heterocycles. The third kappa shape index (κ3) is 2.95. The lowest BCUT2D eigenvalue weighted by Gasteiger charge is -2.14. The zero-order chi connectivity index (χ0) is 13.3. The van der Waals surface area contributed by atoms with Crippen molar-refractivity contribution in [2.24, 2.45) is 11.8 Å². The predicted molar refractivity (Wildman–Crippen MR) is 66.5 cm³/mol. The number of nitro groups is 1. The molecule has 6 nitrogen and oxygen atoms in total. The van der Waals surface area contributed by atoms with E-state index >= 15 is 0 Å². The minimum Gasteiger partial charge on any atom is -0.353 e. The van der Waals surface area contributed by atoms with E-state index in [1.807, 2.05) is 11.9 Å². The molecule has 0 aliphatic heterocycles. The molecule has 1 fully saturated rings. The van der Waals surface area contributed by atoms with E-state index in [2.05, 4.69) is 11.9 Å². The molecular weight excluding hydrogens is 234 g/mol. The molecule has 18 heavy (non-hydrogen) atoms. The molecule has 0 amide bonds. The maximum absolute atomic E-state index is 11.9. The number of aromatic nitrogens is 1. The van der Waals surface area contributed by atoms with Crippen LogP contribution in [0.5, 0.6) is 0 Å². The van der Waals surface area contributed by atoms with Gasteiger partial charge in [-0.25, -0.2) is 0 Å². The van der Waals surface area contributed by atoms with E-state index in [1.165, 1.54) is 18.7 Å². The molecule has 1 N–H and O–H groups in total. The summed E-state index contributed by atoms with van der Waals surface area (Å²) >= 11 is 0. The third-order valence-corrected chi connectivity index (χ3v) is 3.41. The van der Waals surface area contributed by atoms with Crippen molar-refractivity contribution < 1.29 is 9.72 Å². The van der Waals surface area contributed by atoms with Crippen molar-refractivity contribution in [3.8, 4) is 0 Å². The van der Waals surface area contributed by atoms with Gasteiger partial charge in [-0.1, -0.05) is 6.92 Å². The summed E-state index contributed by atoms with van der Waals surface area (Å²) in [6, 6.07) is 1.29. The third-order valence-electron chi connectivity index (χ3n) is 3.41. The van der Waals surface area contributed by atoms with Crippen LogP contribution in [0, 0.1) is 22.0 Å². The number of hydrogen-bond acceptors (Lipinski definition) is 4. The summed E-state index contributed by atoms with van der Waals surface area (Å²) in [6.07, 6.45) is 2.47. The highest BCUT2D eigenvalue weighted by Gasteiger charge is 2.33. The van der Waals surface area contributed by atoms with Crippen molar-refractivity contribution in [2.45, 2.75) is 13.3 Å². The molecule has 2 unspecified atom stereocenters. The maximum atomic E-state index is 11.9. The minimum absolute atomic E-state index is 0.0724. The first kappa shape index (κ1) is 12.8. The van der Waals surface area contributed by atoms with Gasteiger partial charge in [-0.05, 0) is 25.3 Å². The van der Waals surface area contributed by atoms with Gasteiger partial charge in [0.1, 0.15) is 0 Å². The molecule has 1 saturated carbocycles. The Balaban J connectivity index is 1.88. The Morgan fingerprint density at radius 2 is 2.33 bits per heavy atom. The van der Waals surface area contributed by atoms with Crippen molar-refractivity contribution in [2.75, 3.05) is 20.1 Å². The summed E-state index contributed by atoms with van der Waals surface area (Å²) in [6.45, 7) is 3.41. The number of Topliss-reactive ketones (excluding diaryl/α,β-unsaturated/α-hetero) is 1. The fraction of sp³-hybridized carbons (Fsp3) is 0.583. The van der Waals surface area contributed by atoms with Crippen LogP contribution >= 0.6 is 0 Å². The van der Waals surface area contributed by atoms with Gasteiger partial charge < -0.3 is 4.98 Å². The summed E-state index contributed by atoms with van der Waals surface area (Å²) < 4.78 is 0. The van der Waals surface area contributed by atoms with E-state index in [4.69, 9.17) is 0 Å². The molecule has 2 rings (SSSR count). The number of carbonyl (C=O) groups is 1. The zero-order valence-corrected chi connectivity index (χ0v) is 10.5. The van der Waals surface area contributed by atoms with E-state index < -0.39 is 4.92 Å². The number of hydrogen-bond donors (Lipinski definition) is 1. The van der Waals surface area contributed by atoms with Crippen molar-refractivity contribution >= 4 is 11.5 Å². The number of aromatic amines is 1. The lowest BCUT2D eigenvalue weighted by Crippen LogP contribution is -2.28. The predicted octanol–water partition coefficient (Wildman–Crippen LogP) is 1.69. The minimum atomic E-state index is -0.511. The average molecular weight is 251 g/mol. The van der Waals surface area contributed by atoms with E-state index in [0.29, 0.717) is 18.2 Å². The highest BCUT2D eigenvalue weighted by Crippen LogP contribution is 2.37. The first-order valence-corrected chi connectivity index (χ1v) is 6.02. The number of rotatable bonds is 6. The molecule has 98 valence electrons. The average Bonchev–Trinajstić information content (AvgIpc) is 2.83. The van der Waals surface area contributed by atoms with E-state index in [1.54, 1.807) is 0 Å². The number of nitrogens with zero attached hydrogens (tertiary/aromatic N) is 2. The van der Waals surface area contributed by atoms with Crippen LogP contribution in [0.3, 0.4) is 0 Å². The summed E-state index contributed by atoms with van der Waals surface area (Å²) in [7, 11) is 1.90. The Bertz CT molecular complexity index is 469. The van der Waals surface area contributed by atoms with Crippen molar-refractivity contribution in [1.29, 1.82) is 0 Å². The summed E-state index contributed by atoms with van der Waals surface area (Å²) in [5.74, 6) is 1.34. The van der Waals surface area contributed by atoms with Gasteiger partial charge in [-0.2, -0.15) is 0 Å². The molecule has 0 spiro atoms. The van der Waals surface area contributed by atoms with E-state index in [9.17, 15) is 14.9 Å². The Kier molecular flexibility index (Phi) is 3.47. The molecule has 2 atom stereocenters. The molecule has 0 aromatic carbocycles. The number of likely N-dealkylation sites (N-methyl/N-ethyl adjacent to an activating group) is 1. The molecule has 0 bridgehead atoms. The largest absolute Gasteiger partial charge is 0.353 e. The fourth-order valence-electron chi connectivity index (χ4n) is 2.10. The van der Waals surface area contributed by atoms with Crippen LogP contribution in [0.2, 0.25) is 0 Å². The smallest absolute Gasteiger partial charge is 0.287 e. The van der Waals surface area contributed by atoms with E-state index in [0.717, 1.165) is 12.5 Å². The summed E-state index contributed by atoms with van der Waals surface area (Å²) in [5.41, 5.74) is 0.231. The van der Waals surface area contributed by atoms with Crippen molar-refractivity contribution in [3.05, 3.63) is 28.1 Å². The maximum Gasteiger partial charge on any atom is 0.287 e. The van der Waals surface area contributed by atoms with E-state index in [-0.39, 0.29) is 11.5 Å². The first-order chi connectivity index (χ1) is 8.47. The highest BCUT2D eigenvalue weighted by atomic mass is 16.6. The molecule has 1 aromatic rings. The van der Waals surface area contributed by atoms with Crippen molar-refractivity contribution in [3.63, 3.8) is 0 Å². The lowest BCUT2D eigenvalue weighted by molar-refractivity contribution is -0.384. The number of nitrogens with one attached hydrogen (secondary N) is 1. The number of H-pyrrole nitrogens is 1. The molecular formula is C12H17N3O3. The standard InChI is InChI=1S/C12H17N3O3/c1-8-3-9(8)6-14(2)7-12(16)11-4-10(5-13-11)15(17)18/h4-5,8-9,13H,3,6-7H2,1-2H3. The van der Waals surface area contributed by atoms with Crippen LogP contribution in [0.25, 0.3) is 0 Å². The van der Waals surface area contributed by atoms with Gasteiger partial charge in [0.25, 0.3) is 5.69 Å². The Hall–Kier alpha value is -1.69. The Morgan fingerprint density at radius 3 is 2.83 bits per heavy atom. The second-order valence-corrected chi connectivity index (χ2v) is 5.12. The van der Waals surface area contributed by atoms with Gasteiger partial charge >= 0.3 is 0 Å². The van der Waals surface area contributed by atoms with Crippen LogP contribution < -0.4 is 0 Å². The molecule has 1 aliphatic rings. The topological polar surface area (TPSA) is 79.2 Å². The Labute approximate surface area is 105 Å². The highest BCUT2D eigenvalue weighted by molar-refractivity contribution is 5.96. The zero-order valence-electron chi connectivity index (χ0n) is 10.5. The molecule has 6 heteroatoms. The van der Waals surface area contributed by atoms with Crippen LogP contribution in [0.1, 0.15) is 23.8 Å². The van der Waals surface area contributed by atoms with Gasteiger partial charge in [-0.3, -0.25) is 19.8 Å². The van der Waals surface area contributed by atoms with Gasteiger partial charge in [0, 0.05) is 12.6 Å². The number of ketones is 1. The van der Waals surface area contributed by atoms with Crippen LogP contribution in [-0.4, -0.2) is 40.7 Å². The second kappa shape index (κ2) is 4.89.